The third kappa shape index (κ3) is 4.63. The lowest BCUT2D eigenvalue weighted by atomic mass is 9.69. The largest absolute Gasteiger partial charge is 0.309 e. The van der Waals surface area contributed by atoms with Crippen LogP contribution < -0.4 is 4.90 Å². The summed E-state index contributed by atoms with van der Waals surface area (Å²) in [5.41, 5.74) is 22.8. The normalized spacial score (nSPS) is 14.7. The average molecular weight is 732 g/mol. The van der Waals surface area contributed by atoms with E-state index in [4.69, 9.17) is 0 Å². The Bertz CT molecular complexity index is 2880. The summed E-state index contributed by atoms with van der Waals surface area (Å²) < 4.78 is 0. The van der Waals surface area contributed by atoms with E-state index in [1.165, 1.54) is 89.1 Å². The zero-order valence-corrected chi connectivity index (χ0v) is 33.3. The van der Waals surface area contributed by atoms with E-state index in [0.29, 0.717) is 0 Å². The smallest absolute Gasteiger partial charge is 0.0726 e. The van der Waals surface area contributed by atoms with Crippen molar-refractivity contribution in [3.8, 4) is 44.5 Å². The molecule has 8 aromatic rings. The molecule has 57 heavy (non-hydrogen) atoms. The van der Waals surface area contributed by atoms with Crippen LogP contribution in [-0.4, -0.2) is 0 Å². The third-order valence-electron chi connectivity index (χ3n) is 13.3. The first-order valence-corrected chi connectivity index (χ1v) is 20.4. The molecule has 3 aliphatic carbocycles. The molecular formula is C56H45N. The molecule has 274 valence electrons. The summed E-state index contributed by atoms with van der Waals surface area (Å²) in [7, 11) is 0. The molecule has 1 spiro atoms. The Kier molecular flexibility index (Phi) is 7.15. The number of anilines is 3. The van der Waals surface area contributed by atoms with Crippen molar-refractivity contribution in [2.45, 2.75) is 50.9 Å². The summed E-state index contributed by atoms with van der Waals surface area (Å²) in [5.74, 6) is 0. The van der Waals surface area contributed by atoms with Crippen LogP contribution in [0, 0.1) is 0 Å². The van der Waals surface area contributed by atoms with E-state index in [9.17, 15) is 0 Å². The van der Waals surface area contributed by atoms with Crippen molar-refractivity contribution in [1.29, 1.82) is 0 Å². The highest BCUT2D eigenvalue weighted by Gasteiger charge is 2.53. The zero-order valence-electron chi connectivity index (χ0n) is 33.3. The van der Waals surface area contributed by atoms with Gasteiger partial charge in [0.25, 0.3) is 0 Å². The maximum atomic E-state index is 2.56. The summed E-state index contributed by atoms with van der Waals surface area (Å²) in [6, 6.07) is 68.7. The molecule has 0 unspecified atom stereocenters. The van der Waals surface area contributed by atoms with E-state index in [2.05, 4.69) is 222 Å². The summed E-state index contributed by atoms with van der Waals surface area (Å²) >= 11 is 0. The van der Waals surface area contributed by atoms with Crippen molar-refractivity contribution in [2.75, 3.05) is 4.90 Å². The van der Waals surface area contributed by atoms with Gasteiger partial charge in [0.2, 0.25) is 0 Å². The molecule has 0 bridgehead atoms. The molecule has 3 aliphatic rings. The van der Waals surface area contributed by atoms with Gasteiger partial charge in [0.05, 0.1) is 16.8 Å². The van der Waals surface area contributed by atoms with Crippen LogP contribution in [0.3, 0.4) is 0 Å². The van der Waals surface area contributed by atoms with E-state index in [-0.39, 0.29) is 10.8 Å². The van der Waals surface area contributed by atoms with Crippen LogP contribution in [0.15, 0.2) is 182 Å². The van der Waals surface area contributed by atoms with Gasteiger partial charge in [0.1, 0.15) is 0 Å². The second-order valence-corrected chi connectivity index (χ2v) is 17.7. The molecule has 8 aromatic carbocycles. The van der Waals surface area contributed by atoms with E-state index in [1.54, 1.807) is 0 Å². The van der Waals surface area contributed by atoms with E-state index < -0.39 is 5.41 Å². The van der Waals surface area contributed by atoms with Gasteiger partial charge in [0, 0.05) is 22.2 Å². The number of para-hydroxylation sites is 1. The van der Waals surface area contributed by atoms with Gasteiger partial charge in [0.15, 0.2) is 0 Å². The molecule has 0 aliphatic heterocycles. The summed E-state index contributed by atoms with van der Waals surface area (Å²) in [4.78, 5) is 2.56. The Labute approximate surface area is 336 Å². The molecule has 0 fully saturated rings. The molecular weight excluding hydrogens is 687 g/mol. The predicted molar refractivity (Wildman–Crippen MR) is 239 cm³/mol. The first-order chi connectivity index (χ1) is 27.7. The summed E-state index contributed by atoms with van der Waals surface area (Å²) in [5, 5.41) is 0. The minimum absolute atomic E-state index is 0.0130. The molecule has 0 atom stereocenters. The van der Waals surface area contributed by atoms with Gasteiger partial charge >= 0.3 is 0 Å². The first kappa shape index (κ1) is 33.9. The van der Waals surface area contributed by atoms with Crippen LogP contribution >= 0.6 is 0 Å². The van der Waals surface area contributed by atoms with Crippen LogP contribution in [0.1, 0.15) is 73.6 Å². The average Bonchev–Trinajstić information content (AvgIpc) is 3.80. The summed E-state index contributed by atoms with van der Waals surface area (Å²) in [6.45, 7) is 11.8. The number of benzene rings is 8. The van der Waals surface area contributed by atoms with Crippen molar-refractivity contribution >= 4 is 17.1 Å². The molecule has 1 heteroatoms. The van der Waals surface area contributed by atoms with Crippen LogP contribution in [0.2, 0.25) is 0 Å². The number of hydrogen-bond donors (Lipinski definition) is 0. The van der Waals surface area contributed by atoms with E-state index in [0.717, 1.165) is 11.4 Å². The molecule has 0 N–H and O–H groups in total. The quantitative estimate of drug-likeness (QED) is 0.174. The van der Waals surface area contributed by atoms with E-state index in [1.807, 2.05) is 0 Å². The van der Waals surface area contributed by atoms with Gasteiger partial charge in [-0.25, -0.2) is 0 Å². The van der Waals surface area contributed by atoms with Gasteiger partial charge < -0.3 is 4.90 Å². The fraction of sp³-hybridized carbons (Fsp3) is 0.143. The predicted octanol–water partition coefficient (Wildman–Crippen LogP) is 14.8. The Morgan fingerprint density at radius 3 is 1.60 bits per heavy atom. The van der Waals surface area contributed by atoms with Crippen LogP contribution in [0.5, 0.6) is 0 Å². The zero-order chi connectivity index (χ0) is 38.7. The molecule has 1 nitrogen and oxygen atoms in total. The topological polar surface area (TPSA) is 3.24 Å². The molecule has 0 aromatic heterocycles. The van der Waals surface area contributed by atoms with Gasteiger partial charge in [-0.1, -0.05) is 192 Å². The highest BCUT2D eigenvalue weighted by molar-refractivity contribution is 6.02. The van der Waals surface area contributed by atoms with Crippen molar-refractivity contribution in [3.63, 3.8) is 0 Å². The van der Waals surface area contributed by atoms with Gasteiger partial charge in [-0.15, -0.1) is 0 Å². The molecule has 0 radical (unpaired) electrons. The Morgan fingerprint density at radius 1 is 0.386 bits per heavy atom. The fourth-order valence-corrected chi connectivity index (χ4v) is 10.6. The lowest BCUT2D eigenvalue weighted by Crippen LogP contribution is -2.26. The number of rotatable bonds is 4. The highest BCUT2D eigenvalue weighted by Crippen LogP contribution is 2.65. The lowest BCUT2D eigenvalue weighted by Gasteiger charge is -2.33. The van der Waals surface area contributed by atoms with Crippen LogP contribution in [0.25, 0.3) is 44.5 Å². The maximum absolute atomic E-state index is 2.56. The van der Waals surface area contributed by atoms with Gasteiger partial charge in [-0.3, -0.25) is 0 Å². The second kappa shape index (κ2) is 12.0. The van der Waals surface area contributed by atoms with Crippen LogP contribution in [-0.2, 0) is 16.2 Å². The summed E-state index contributed by atoms with van der Waals surface area (Å²) in [6.07, 6.45) is 0. The highest BCUT2D eigenvalue weighted by atomic mass is 15.1. The molecule has 0 saturated heterocycles. The van der Waals surface area contributed by atoms with Crippen molar-refractivity contribution in [3.05, 3.63) is 221 Å². The van der Waals surface area contributed by atoms with Gasteiger partial charge in [-0.2, -0.15) is 0 Å². The first-order valence-electron chi connectivity index (χ1n) is 20.4. The Balaban J connectivity index is 1.25. The van der Waals surface area contributed by atoms with Crippen molar-refractivity contribution in [1.82, 2.24) is 0 Å². The Hall–Kier alpha value is -6.44. The number of hydrogen-bond acceptors (Lipinski definition) is 1. The van der Waals surface area contributed by atoms with Crippen LogP contribution in [0.4, 0.5) is 17.1 Å². The monoisotopic (exact) mass is 731 g/mol. The Morgan fingerprint density at radius 2 is 0.912 bits per heavy atom. The second-order valence-electron chi connectivity index (χ2n) is 17.7. The van der Waals surface area contributed by atoms with Crippen molar-refractivity contribution in [2.24, 2.45) is 0 Å². The molecule has 0 saturated carbocycles. The fourth-order valence-electron chi connectivity index (χ4n) is 10.6. The third-order valence-corrected chi connectivity index (χ3v) is 13.3. The number of fused-ring (bicyclic) bond motifs is 13. The SMILES string of the molecule is CC(C)(C)c1ccc2c(c1)C1(c3ccccc3-c3ccccc31)c1cccc(N(c3ccc4c(c3)C(C)(C)c3ccccc3-4)c3ccccc3-c3ccccc3)c1-2. The minimum Gasteiger partial charge on any atom is -0.309 e. The molecule has 0 heterocycles. The van der Waals surface area contributed by atoms with Gasteiger partial charge in [-0.05, 0) is 102 Å². The number of nitrogens with zero attached hydrogens (tertiary/aromatic N) is 1. The molecule has 0 amide bonds. The maximum Gasteiger partial charge on any atom is 0.0726 e. The minimum atomic E-state index is -0.457. The van der Waals surface area contributed by atoms with E-state index >= 15 is 0 Å². The van der Waals surface area contributed by atoms with Crippen molar-refractivity contribution < 1.29 is 0 Å². The standard InChI is InChI=1S/C56H45N/c1-54(2,3)37-30-32-44-50(34-37)56(46-25-14-10-22-41(46)42-23-11-15-26-47(42)56)48-27-17-29-52(53(44)48)57(51-28-16-12-20-39(51)36-18-7-6-8-19-36)38-31-33-43-40-21-9-13-24-45(40)55(4,5)49(43)35-38/h6-35H,1-5H3. The lowest BCUT2D eigenvalue weighted by molar-refractivity contribution is 0.588. The molecule has 11 rings (SSSR count).